The van der Waals surface area contributed by atoms with Crippen LogP contribution in [0.25, 0.3) is 0 Å². The first-order chi connectivity index (χ1) is 8.65. The van der Waals surface area contributed by atoms with E-state index in [1.807, 2.05) is 22.7 Å². The van der Waals surface area contributed by atoms with Crippen LogP contribution in [0.3, 0.4) is 0 Å². The van der Waals surface area contributed by atoms with Gasteiger partial charge in [0, 0.05) is 14.6 Å². The van der Waals surface area contributed by atoms with Crippen LogP contribution in [-0.2, 0) is 6.42 Å². The number of rotatable bonds is 5. The highest BCUT2D eigenvalue weighted by atomic mass is 32.1. The van der Waals surface area contributed by atoms with Gasteiger partial charge in [-0.3, -0.25) is 0 Å². The smallest absolute Gasteiger partial charge is 0.115 e. The first kappa shape index (κ1) is 13.7. The highest BCUT2D eigenvalue weighted by Crippen LogP contribution is 2.32. The van der Waals surface area contributed by atoms with Crippen molar-refractivity contribution in [1.29, 1.82) is 0 Å². The van der Waals surface area contributed by atoms with Gasteiger partial charge in [-0.25, -0.2) is 4.98 Å². The summed E-state index contributed by atoms with van der Waals surface area (Å²) in [6, 6.07) is 4.73. The van der Waals surface area contributed by atoms with Gasteiger partial charge in [-0.05, 0) is 38.9 Å². The maximum atomic E-state index is 4.70. The van der Waals surface area contributed by atoms with Gasteiger partial charge in [0.2, 0.25) is 0 Å². The van der Waals surface area contributed by atoms with Crippen molar-refractivity contribution in [2.24, 2.45) is 0 Å². The van der Waals surface area contributed by atoms with E-state index in [0.717, 1.165) is 18.7 Å². The topological polar surface area (TPSA) is 24.9 Å². The van der Waals surface area contributed by atoms with Crippen molar-refractivity contribution in [2.75, 3.05) is 6.54 Å². The molecule has 1 unspecified atom stereocenters. The van der Waals surface area contributed by atoms with E-state index in [1.54, 1.807) is 0 Å². The van der Waals surface area contributed by atoms with Gasteiger partial charge in [0.15, 0.2) is 0 Å². The highest BCUT2D eigenvalue weighted by Gasteiger charge is 2.19. The van der Waals surface area contributed by atoms with Gasteiger partial charge in [-0.15, -0.1) is 22.7 Å². The second-order valence-corrected chi connectivity index (χ2v) is 6.78. The third-order valence-corrected chi connectivity index (χ3v) is 5.45. The minimum Gasteiger partial charge on any atom is -0.304 e. The van der Waals surface area contributed by atoms with Crippen molar-refractivity contribution < 1.29 is 0 Å². The minimum absolute atomic E-state index is 0.262. The number of hydrogen-bond donors (Lipinski definition) is 1. The Morgan fingerprint density at radius 3 is 2.50 bits per heavy atom. The monoisotopic (exact) mass is 280 g/mol. The van der Waals surface area contributed by atoms with E-state index >= 15 is 0 Å². The van der Waals surface area contributed by atoms with Gasteiger partial charge < -0.3 is 5.32 Å². The van der Waals surface area contributed by atoms with Crippen LogP contribution in [0.4, 0.5) is 0 Å². The molecule has 0 radical (unpaired) electrons. The van der Waals surface area contributed by atoms with E-state index in [2.05, 4.69) is 45.1 Å². The Balaban J connectivity index is 2.32. The van der Waals surface area contributed by atoms with Gasteiger partial charge >= 0.3 is 0 Å². The van der Waals surface area contributed by atoms with Gasteiger partial charge in [-0.1, -0.05) is 13.8 Å². The van der Waals surface area contributed by atoms with E-state index in [9.17, 15) is 0 Å². The molecule has 18 heavy (non-hydrogen) atoms. The molecule has 2 aromatic heterocycles. The van der Waals surface area contributed by atoms with Crippen LogP contribution in [0.2, 0.25) is 0 Å². The molecule has 2 aromatic rings. The summed E-state index contributed by atoms with van der Waals surface area (Å²) in [6.07, 6.45) is 1.11. The summed E-state index contributed by atoms with van der Waals surface area (Å²) in [6.45, 7) is 9.54. The molecule has 2 rings (SSSR count). The number of thiophene rings is 1. The summed E-state index contributed by atoms with van der Waals surface area (Å²) in [5, 5.41) is 4.74. The molecule has 2 nitrogen and oxygen atoms in total. The lowest BCUT2D eigenvalue weighted by molar-refractivity contribution is 0.635. The third-order valence-electron chi connectivity index (χ3n) is 3.02. The number of thiazole rings is 1. The summed E-state index contributed by atoms with van der Waals surface area (Å²) in [4.78, 5) is 8.84. The van der Waals surface area contributed by atoms with E-state index in [-0.39, 0.29) is 6.04 Å². The summed E-state index contributed by atoms with van der Waals surface area (Å²) < 4.78 is 0. The predicted molar refractivity (Wildman–Crippen MR) is 80.8 cm³/mol. The second-order valence-electron chi connectivity index (χ2n) is 4.34. The molecule has 0 saturated carbocycles. The molecule has 0 spiro atoms. The largest absolute Gasteiger partial charge is 0.304 e. The molecule has 0 aliphatic rings. The van der Waals surface area contributed by atoms with E-state index in [0.29, 0.717) is 0 Å². The average molecular weight is 280 g/mol. The van der Waals surface area contributed by atoms with Crippen LogP contribution in [0.5, 0.6) is 0 Å². The van der Waals surface area contributed by atoms with Crippen molar-refractivity contribution in [1.82, 2.24) is 10.3 Å². The maximum Gasteiger partial charge on any atom is 0.115 e. The second kappa shape index (κ2) is 5.95. The zero-order valence-electron chi connectivity index (χ0n) is 11.4. The average Bonchev–Trinajstić information content (AvgIpc) is 2.94. The van der Waals surface area contributed by atoms with Crippen molar-refractivity contribution in [2.45, 2.75) is 40.2 Å². The Labute approximate surface area is 117 Å². The minimum atomic E-state index is 0.262. The number of aromatic nitrogens is 1. The zero-order chi connectivity index (χ0) is 13.1. The Hall–Kier alpha value is -0.710. The molecule has 2 heterocycles. The molecule has 1 atom stereocenters. The van der Waals surface area contributed by atoms with Crippen molar-refractivity contribution in [3.63, 3.8) is 0 Å². The fraction of sp³-hybridized carbons (Fsp3) is 0.500. The van der Waals surface area contributed by atoms with Gasteiger partial charge in [-0.2, -0.15) is 0 Å². The molecule has 0 aromatic carbocycles. The van der Waals surface area contributed by atoms with Crippen LogP contribution in [0.1, 0.15) is 45.2 Å². The zero-order valence-corrected chi connectivity index (χ0v) is 13.0. The number of aryl methyl sites for hydroxylation is 3. The van der Waals surface area contributed by atoms with Crippen LogP contribution >= 0.6 is 22.7 Å². The number of hydrogen-bond acceptors (Lipinski definition) is 4. The standard InChI is InChI=1S/C14H20N2S2/c1-5-11-7-8-12(18-11)13(15-6-2)14-16-9(3)10(4)17-14/h7-8,13,15H,5-6H2,1-4H3. The maximum absolute atomic E-state index is 4.70. The molecule has 0 saturated heterocycles. The Bertz CT molecular complexity index is 494. The van der Waals surface area contributed by atoms with Gasteiger partial charge in [0.05, 0.1) is 11.7 Å². The number of nitrogens with one attached hydrogen (secondary N) is 1. The fourth-order valence-corrected chi connectivity index (χ4v) is 4.00. The summed E-state index contributed by atoms with van der Waals surface area (Å²) in [5.41, 5.74) is 1.16. The van der Waals surface area contributed by atoms with Crippen LogP contribution in [0.15, 0.2) is 12.1 Å². The van der Waals surface area contributed by atoms with Gasteiger partial charge in [0.1, 0.15) is 5.01 Å². The highest BCUT2D eigenvalue weighted by molar-refractivity contribution is 7.13. The fourth-order valence-electron chi connectivity index (χ4n) is 1.87. The Kier molecular flexibility index (Phi) is 4.54. The third kappa shape index (κ3) is 2.82. The lowest BCUT2D eigenvalue weighted by Gasteiger charge is -2.13. The molecule has 0 amide bonds. The van der Waals surface area contributed by atoms with Crippen molar-refractivity contribution in [3.8, 4) is 0 Å². The number of nitrogens with zero attached hydrogens (tertiary/aromatic N) is 1. The first-order valence-electron chi connectivity index (χ1n) is 6.41. The van der Waals surface area contributed by atoms with E-state index < -0.39 is 0 Å². The summed E-state index contributed by atoms with van der Waals surface area (Å²) in [7, 11) is 0. The SMILES string of the molecule is CCNC(c1ccc(CC)s1)c1nc(C)c(C)s1. The molecule has 0 fully saturated rings. The van der Waals surface area contributed by atoms with Crippen LogP contribution in [-0.4, -0.2) is 11.5 Å². The normalized spacial score (nSPS) is 12.9. The Morgan fingerprint density at radius 2 is 2.00 bits per heavy atom. The molecule has 1 N–H and O–H groups in total. The van der Waals surface area contributed by atoms with Crippen molar-refractivity contribution >= 4 is 22.7 Å². The lowest BCUT2D eigenvalue weighted by Crippen LogP contribution is -2.20. The van der Waals surface area contributed by atoms with Crippen LogP contribution in [0, 0.1) is 13.8 Å². The first-order valence-corrected chi connectivity index (χ1v) is 8.04. The molecule has 0 bridgehead atoms. The van der Waals surface area contributed by atoms with Crippen molar-refractivity contribution in [3.05, 3.63) is 37.5 Å². The molecule has 0 aliphatic heterocycles. The molecule has 0 aliphatic carbocycles. The summed E-state index contributed by atoms with van der Waals surface area (Å²) in [5.74, 6) is 0. The van der Waals surface area contributed by atoms with E-state index in [1.165, 1.54) is 19.6 Å². The predicted octanol–water partition coefficient (Wildman–Crippen LogP) is 4.08. The summed E-state index contributed by atoms with van der Waals surface area (Å²) >= 11 is 3.70. The lowest BCUT2D eigenvalue weighted by atomic mass is 10.2. The van der Waals surface area contributed by atoms with E-state index in [4.69, 9.17) is 4.98 Å². The molecule has 98 valence electrons. The quantitative estimate of drug-likeness (QED) is 0.892. The molecular formula is C14H20N2S2. The van der Waals surface area contributed by atoms with Crippen LogP contribution < -0.4 is 5.32 Å². The molecular weight excluding hydrogens is 260 g/mol. The van der Waals surface area contributed by atoms with Gasteiger partial charge in [0.25, 0.3) is 0 Å². The Morgan fingerprint density at radius 1 is 1.22 bits per heavy atom. The molecule has 4 heteroatoms.